The Bertz CT molecular complexity index is 3490. The average molecular weight is 1050 g/mol. The molecule has 66 heavy (non-hydrogen) atoms. The molecule has 2 aromatic heterocycles. The number of hydrogen-bond donors (Lipinski definition) is 1. The van der Waals surface area contributed by atoms with Crippen molar-refractivity contribution in [3.8, 4) is 78.6 Å². The molecule has 0 saturated heterocycles. The van der Waals surface area contributed by atoms with Crippen LogP contribution in [0.5, 0.6) is 5.75 Å². The first-order valence-corrected chi connectivity index (χ1v) is 22.1. The Hall–Kier alpha value is -6.35. The van der Waals surface area contributed by atoms with Gasteiger partial charge in [-0.15, -0.1) is 23.8 Å². The summed E-state index contributed by atoms with van der Waals surface area (Å²) in [5, 5.41) is 12.6. The Labute approximate surface area is 415 Å². The normalized spacial score (nSPS) is 14.0. The standard InChI is InChI=1S/C61H58N3O.Pt/c1-38(2)41-24-26-43(27-25-41)45-28-29-62-55(34-45)48-32-46(42-18-13-11-14-19-42)31-47(33-48)51-22-17-23-56-57(51)63-59(53-35-49(60(5,6)7)36-54(58(53)65)61(8,9)10)64(56)50-30-39(3)40(4)52(37-50)44-20-15-12-16-21-44;/h11-32,34-38,65H,1-10H3;/q-1;/i3D3,4D3,38D;. The predicted octanol–water partition coefficient (Wildman–Crippen LogP) is 16.3. The number of phenolic OH excluding ortho intramolecular Hbond substituents is 1. The predicted molar refractivity (Wildman–Crippen MR) is 273 cm³/mol. The van der Waals surface area contributed by atoms with Crippen molar-refractivity contribution < 1.29 is 35.8 Å². The maximum Gasteiger partial charge on any atom is 0.148 e. The number of aromatic hydroxyl groups is 1. The number of nitrogens with zero attached hydrogens (tertiary/aromatic N) is 3. The van der Waals surface area contributed by atoms with Crippen LogP contribution in [0, 0.1) is 19.8 Å². The molecule has 0 radical (unpaired) electrons. The molecule has 0 fully saturated rings. The number of aromatic nitrogens is 3. The van der Waals surface area contributed by atoms with Gasteiger partial charge in [0.05, 0.1) is 16.6 Å². The Morgan fingerprint density at radius 2 is 1.30 bits per heavy atom. The molecule has 0 unspecified atom stereocenters. The van der Waals surface area contributed by atoms with Crippen LogP contribution in [0.2, 0.25) is 0 Å². The van der Waals surface area contributed by atoms with Gasteiger partial charge in [0.25, 0.3) is 0 Å². The van der Waals surface area contributed by atoms with Crippen molar-refractivity contribution in [3.05, 3.63) is 192 Å². The second-order valence-corrected chi connectivity index (χ2v) is 19.2. The SMILES string of the molecule is [2H]C([2H])([2H])c1cc(-n2c(-c3cc(C(C)(C)C)cc(C(C)(C)C)c3O)nc3c(-c4[c-]c(-c5cc(-c6ccc(C([2H])(C)C)cc6)ccn5)cc(-c5ccccc5)c4)cccc32)cc(-c2ccccc2)c1C([2H])([2H])[2H].[Pt]. The van der Waals surface area contributed by atoms with Gasteiger partial charge >= 0.3 is 0 Å². The van der Waals surface area contributed by atoms with E-state index in [2.05, 4.69) is 71.9 Å². The second-order valence-electron chi connectivity index (χ2n) is 19.2. The molecule has 2 heterocycles. The van der Waals surface area contributed by atoms with Crippen molar-refractivity contribution in [2.24, 2.45) is 0 Å². The van der Waals surface area contributed by atoms with E-state index in [9.17, 15) is 5.11 Å². The number of fused-ring (bicyclic) bond motifs is 1. The molecule has 4 nitrogen and oxygen atoms in total. The summed E-state index contributed by atoms with van der Waals surface area (Å²) in [5.41, 5.74) is 10.7. The molecule has 0 spiro atoms. The van der Waals surface area contributed by atoms with Crippen molar-refractivity contribution in [2.45, 2.75) is 85.8 Å². The van der Waals surface area contributed by atoms with Crippen molar-refractivity contribution in [1.82, 2.24) is 14.5 Å². The molecule has 9 aromatic rings. The van der Waals surface area contributed by atoms with E-state index in [0.29, 0.717) is 44.9 Å². The Kier molecular flexibility index (Phi) is 10.4. The first-order chi connectivity index (χ1) is 33.8. The third kappa shape index (κ3) is 8.97. The molecule has 334 valence electrons. The summed E-state index contributed by atoms with van der Waals surface area (Å²) < 4.78 is 62.9. The van der Waals surface area contributed by atoms with E-state index in [-0.39, 0.29) is 48.9 Å². The molecular weight excluding hydrogens is 986 g/mol. The molecule has 0 aliphatic rings. The quantitative estimate of drug-likeness (QED) is 0.154. The first kappa shape index (κ1) is 37.8. The molecule has 0 bridgehead atoms. The van der Waals surface area contributed by atoms with Gasteiger partial charge in [-0.2, -0.15) is 0 Å². The van der Waals surface area contributed by atoms with E-state index >= 15 is 0 Å². The molecule has 0 aliphatic carbocycles. The van der Waals surface area contributed by atoms with E-state index in [1.165, 1.54) is 6.07 Å². The van der Waals surface area contributed by atoms with Gasteiger partial charge in [0.2, 0.25) is 0 Å². The molecular formula is C61H58N3OPt-. The summed E-state index contributed by atoms with van der Waals surface area (Å²) in [6.45, 7) is 10.7. The summed E-state index contributed by atoms with van der Waals surface area (Å²) >= 11 is 0. The van der Waals surface area contributed by atoms with E-state index < -0.39 is 25.0 Å². The van der Waals surface area contributed by atoms with Gasteiger partial charge < -0.3 is 5.11 Å². The number of para-hydroxylation sites is 1. The zero-order valence-electron chi connectivity index (χ0n) is 45.6. The van der Waals surface area contributed by atoms with E-state index in [1.54, 1.807) is 36.5 Å². The maximum absolute atomic E-state index is 12.6. The zero-order chi connectivity index (χ0) is 51.7. The number of hydrogen-bond acceptors (Lipinski definition) is 3. The second kappa shape index (κ2) is 18.1. The van der Waals surface area contributed by atoms with Crippen LogP contribution in [0.15, 0.2) is 158 Å². The fourth-order valence-electron chi connectivity index (χ4n) is 8.57. The Balaban J connectivity index is 0.00000711. The fourth-order valence-corrected chi connectivity index (χ4v) is 8.57. The Morgan fingerprint density at radius 1 is 0.621 bits per heavy atom. The van der Waals surface area contributed by atoms with Crippen molar-refractivity contribution >= 4 is 11.0 Å². The van der Waals surface area contributed by atoms with Gasteiger partial charge in [-0.05, 0) is 111 Å². The Morgan fingerprint density at radius 3 is 1.95 bits per heavy atom. The summed E-state index contributed by atoms with van der Waals surface area (Å²) in [6.07, 6.45) is 1.79. The van der Waals surface area contributed by atoms with E-state index in [0.717, 1.165) is 50.1 Å². The van der Waals surface area contributed by atoms with Gasteiger partial charge in [-0.1, -0.05) is 181 Å². The number of imidazole rings is 1. The van der Waals surface area contributed by atoms with Gasteiger partial charge in [0.15, 0.2) is 0 Å². The monoisotopic (exact) mass is 1050 g/mol. The van der Waals surface area contributed by atoms with Crippen LogP contribution >= 0.6 is 0 Å². The minimum atomic E-state index is -2.82. The maximum atomic E-state index is 12.6. The van der Waals surface area contributed by atoms with Crippen molar-refractivity contribution in [3.63, 3.8) is 0 Å². The third-order valence-electron chi connectivity index (χ3n) is 12.3. The first-order valence-electron chi connectivity index (χ1n) is 25.6. The molecule has 7 aromatic carbocycles. The zero-order valence-corrected chi connectivity index (χ0v) is 40.9. The molecule has 0 saturated carbocycles. The largest absolute Gasteiger partial charge is 0.507 e. The van der Waals surface area contributed by atoms with Crippen LogP contribution in [0.1, 0.15) is 98.7 Å². The summed E-state index contributed by atoms with van der Waals surface area (Å²) in [6, 6.07) is 52.1. The van der Waals surface area contributed by atoms with Gasteiger partial charge in [0, 0.05) is 53.8 Å². The van der Waals surface area contributed by atoms with Gasteiger partial charge in [-0.25, -0.2) is 4.98 Å². The van der Waals surface area contributed by atoms with Crippen LogP contribution < -0.4 is 0 Å². The molecule has 0 amide bonds. The number of benzene rings is 7. The smallest absolute Gasteiger partial charge is 0.148 e. The van der Waals surface area contributed by atoms with Crippen molar-refractivity contribution in [1.29, 1.82) is 0 Å². The van der Waals surface area contributed by atoms with Crippen LogP contribution in [-0.2, 0) is 31.9 Å². The summed E-state index contributed by atoms with van der Waals surface area (Å²) in [7, 11) is 0. The van der Waals surface area contributed by atoms with E-state index in [1.807, 2.05) is 109 Å². The van der Waals surface area contributed by atoms with Crippen molar-refractivity contribution in [2.75, 3.05) is 0 Å². The van der Waals surface area contributed by atoms with Gasteiger partial charge in [-0.3, -0.25) is 9.55 Å². The van der Waals surface area contributed by atoms with E-state index in [4.69, 9.17) is 19.6 Å². The topological polar surface area (TPSA) is 50.9 Å². The number of rotatable bonds is 8. The fraction of sp³-hybridized carbons (Fsp3) is 0.213. The van der Waals surface area contributed by atoms with Gasteiger partial charge in [0.1, 0.15) is 11.6 Å². The van der Waals surface area contributed by atoms with Crippen LogP contribution in [0.25, 0.3) is 83.9 Å². The average Bonchev–Trinajstić information content (AvgIpc) is 3.72. The van der Waals surface area contributed by atoms with Crippen LogP contribution in [-0.4, -0.2) is 19.6 Å². The van der Waals surface area contributed by atoms with Crippen LogP contribution in [0.3, 0.4) is 0 Å². The molecule has 0 atom stereocenters. The number of aryl methyl sites for hydroxylation is 1. The van der Waals surface area contributed by atoms with Crippen LogP contribution in [0.4, 0.5) is 0 Å². The number of phenols is 1. The number of pyridine rings is 1. The summed E-state index contributed by atoms with van der Waals surface area (Å²) in [4.78, 5) is 10.4. The molecule has 9 rings (SSSR count). The third-order valence-corrected chi connectivity index (χ3v) is 12.3. The minimum Gasteiger partial charge on any atom is -0.507 e. The molecule has 5 heteroatoms. The molecule has 0 aliphatic heterocycles. The summed E-state index contributed by atoms with van der Waals surface area (Å²) in [5.74, 6) is -0.347. The minimum absolute atomic E-state index is 0. The molecule has 1 N–H and O–H groups in total.